The van der Waals surface area contributed by atoms with Crippen molar-refractivity contribution in [1.29, 1.82) is 0 Å². The van der Waals surface area contributed by atoms with E-state index in [9.17, 15) is 14.7 Å². The fourth-order valence-electron chi connectivity index (χ4n) is 3.86. The van der Waals surface area contributed by atoms with Crippen LogP contribution in [-0.4, -0.2) is 27.0 Å². The number of pyridine rings is 1. The average Bonchev–Trinajstić information content (AvgIpc) is 3.36. The van der Waals surface area contributed by atoms with Gasteiger partial charge in [-0.2, -0.15) is 0 Å². The smallest absolute Gasteiger partial charge is 0.336 e. The second-order valence-corrected chi connectivity index (χ2v) is 7.84. The van der Waals surface area contributed by atoms with Gasteiger partial charge in [0.1, 0.15) is 0 Å². The number of aromatic amines is 1. The molecule has 5 rings (SSSR count). The van der Waals surface area contributed by atoms with Crippen LogP contribution in [0, 0.1) is 11.8 Å². The highest BCUT2D eigenvalue weighted by Gasteiger charge is 2.15. The summed E-state index contributed by atoms with van der Waals surface area (Å²) in [6.07, 6.45) is 4.95. The number of nitrogens with one attached hydrogen (secondary N) is 2. The molecule has 0 atom stereocenters. The number of benzene rings is 3. The molecule has 2 aromatic heterocycles. The SMILES string of the molecule is O=C(Nc1cccc(C#Cc2cccc(C(=O)O)c2-c2ccc3cc[nH]c3c2)c1)c1cccnc1. The van der Waals surface area contributed by atoms with Crippen LogP contribution in [0.1, 0.15) is 31.8 Å². The summed E-state index contributed by atoms with van der Waals surface area (Å²) in [6, 6.07) is 23.4. The number of rotatable bonds is 4. The fraction of sp³-hybridized carbons (Fsp3) is 0. The Labute approximate surface area is 201 Å². The molecule has 5 aromatic rings. The zero-order valence-corrected chi connectivity index (χ0v) is 18.4. The van der Waals surface area contributed by atoms with Gasteiger partial charge in [-0.25, -0.2) is 4.79 Å². The molecule has 0 saturated carbocycles. The van der Waals surface area contributed by atoms with Crippen molar-refractivity contribution in [2.75, 3.05) is 5.32 Å². The first-order chi connectivity index (χ1) is 17.1. The Morgan fingerprint density at radius 2 is 1.80 bits per heavy atom. The highest BCUT2D eigenvalue weighted by atomic mass is 16.4. The van der Waals surface area contributed by atoms with Gasteiger partial charge < -0.3 is 15.4 Å². The van der Waals surface area contributed by atoms with E-state index in [2.05, 4.69) is 27.1 Å². The van der Waals surface area contributed by atoms with E-state index in [0.29, 0.717) is 27.9 Å². The van der Waals surface area contributed by atoms with Crippen molar-refractivity contribution in [1.82, 2.24) is 9.97 Å². The summed E-state index contributed by atoms with van der Waals surface area (Å²) in [5.74, 6) is 4.96. The van der Waals surface area contributed by atoms with Crippen LogP contribution < -0.4 is 5.32 Å². The zero-order valence-electron chi connectivity index (χ0n) is 18.4. The number of H-pyrrole nitrogens is 1. The molecule has 0 fully saturated rings. The lowest BCUT2D eigenvalue weighted by Gasteiger charge is -2.10. The zero-order chi connectivity index (χ0) is 24.2. The van der Waals surface area contributed by atoms with Crippen molar-refractivity contribution in [2.45, 2.75) is 0 Å². The lowest BCUT2D eigenvalue weighted by molar-refractivity contribution is 0.0697. The van der Waals surface area contributed by atoms with Gasteiger partial charge in [0.25, 0.3) is 5.91 Å². The number of aromatic carboxylic acids is 1. The minimum Gasteiger partial charge on any atom is -0.478 e. The molecule has 3 N–H and O–H groups in total. The largest absolute Gasteiger partial charge is 0.478 e. The standard InChI is InChI=1S/C29H19N3O3/c33-28(23-6-3-14-30-18-23)32-24-7-1-4-19(16-24)9-10-21-5-2-8-25(29(34)35)27(21)22-12-11-20-13-15-31-26(20)17-22/h1-8,11-18,31H,(H,32,33)(H,34,35). The monoisotopic (exact) mass is 457 g/mol. The van der Waals surface area contributed by atoms with E-state index in [-0.39, 0.29) is 11.5 Å². The third-order valence-electron chi connectivity index (χ3n) is 5.52. The van der Waals surface area contributed by atoms with Crippen LogP contribution >= 0.6 is 0 Å². The molecule has 0 unspecified atom stereocenters. The maximum absolute atomic E-state index is 12.4. The van der Waals surface area contributed by atoms with Gasteiger partial charge in [0.05, 0.1) is 11.1 Å². The van der Waals surface area contributed by atoms with Crippen LogP contribution in [0.2, 0.25) is 0 Å². The molecule has 35 heavy (non-hydrogen) atoms. The van der Waals surface area contributed by atoms with Crippen LogP contribution in [0.5, 0.6) is 0 Å². The number of hydrogen-bond donors (Lipinski definition) is 3. The van der Waals surface area contributed by atoms with Crippen molar-refractivity contribution >= 4 is 28.5 Å². The number of carbonyl (C=O) groups excluding carboxylic acids is 1. The number of carboxylic acid groups (broad SMARTS) is 1. The van der Waals surface area contributed by atoms with E-state index in [0.717, 1.165) is 16.5 Å². The molecule has 0 radical (unpaired) electrons. The molecule has 168 valence electrons. The molecule has 6 heteroatoms. The Morgan fingerprint density at radius 1 is 0.914 bits per heavy atom. The third-order valence-corrected chi connectivity index (χ3v) is 5.52. The van der Waals surface area contributed by atoms with Gasteiger partial charge in [0.15, 0.2) is 0 Å². The Kier molecular flexibility index (Phi) is 5.81. The van der Waals surface area contributed by atoms with E-state index < -0.39 is 5.97 Å². The number of aromatic nitrogens is 2. The fourth-order valence-corrected chi connectivity index (χ4v) is 3.86. The normalized spacial score (nSPS) is 10.4. The van der Waals surface area contributed by atoms with Crippen molar-refractivity contribution in [3.8, 4) is 23.0 Å². The molecule has 6 nitrogen and oxygen atoms in total. The first kappa shape index (κ1) is 21.7. The number of fused-ring (bicyclic) bond motifs is 1. The average molecular weight is 457 g/mol. The third kappa shape index (κ3) is 4.65. The van der Waals surface area contributed by atoms with Crippen molar-refractivity contribution < 1.29 is 14.7 Å². The first-order valence-corrected chi connectivity index (χ1v) is 10.9. The Balaban J connectivity index is 1.50. The van der Waals surface area contributed by atoms with E-state index in [1.165, 1.54) is 6.20 Å². The summed E-state index contributed by atoms with van der Waals surface area (Å²) in [7, 11) is 0. The molecule has 0 aliphatic carbocycles. The van der Waals surface area contributed by atoms with Crippen LogP contribution in [0.3, 0.4) is 0 Å². The minimum absolute atomic E-state index is 0.181. The molecule has 0 spiro atoms. The lowest BCUT2D eigenvalue weighted by atomic mass is 9.93. The lowest BCUT2D eigenvalue weighted by Crippen LogP contribution is -2.11. The Bertz CT molecular complexity index is 1630. The molecular formula is C29H19N3O3. The van der Waals surface area contributed by atoms with Crippen LogP contribution in [0.4, 0.5) is 5.69 Å². The van der Waals surface area contributed by atoms with Gasteiger partial charge in [-0.1, -0.05) is 36.1 Å². The molecule has 1 amide bonds. The van der Waals surface area contributed by atoms with E-state index in [1.807, 2.05) is 42.6 Å². The van der Waals surface area contributed by atoms with Crippen LogP contribution in [0.25, 0.3) is 22.0 Å². The molecular weight excluding hydrogens is 438 g/mol. The molecule has 0 saturated heterocycles. The van der Waals surface area contributed by atoms with Gasteiger partial charge in [-0.05, 0) is 65.5 Å². The number of anilines is 1. The molecule has 0 aliphatic heterocycles. The van der Waals surface area contributed by atoms with Crippen molar-refractivity contribution in [2.24, 2.45) is 0 Å². The number of amides is 1. The second kappa shape index (κ2) is 9.38. The molecule has 0 bridgehead atoms. The summed E-state index contributed by atoms with van der Waals surface area (Å²) in [5, 5.41) is 13.7. The second-order valence-electron chi connectivity index (χ2n) is 7.84. The Hall–Kier alpha value is -5.15. The number of hydrogen-bond acceptors (Lipinski definition) is 3. The van der Waals surface area contributed by atoms with E-state index >= 15 is 0 Å². The maximum atomic E-state index is 12.4. The quantitative estimate of drug-likeness (QED) is 0.307. The highest BCUT2D eigenvalue weighted by molar-refractivity contribution is 6.04. The topological polar surface area (TPSA) is 95.1 Å². The summed E-state index contributed by atoms with van der Waals surface area (Å²) < 4.78 is 0. The van der Waals surface area contributed by atoms with Crippen LogP contribution in [-0.2, 0) is 0 Å². The minimum atomic E-state index is -1.02. The predicted molar refractivity (Wildman–Crippen MR) is 135 cm³/mol. The number of nitrogens with zero attached hydrogens (tertiary/aromatic N) is 1. The maximum Gasteiger partial charge on any atom is 0.336 e. The summed E-state index contributed by atoms with van der Waals surface area (Å²) >= 11 is 0. The highest BCUT2D eigenvalue weighted by Crippen LogP contribution is 2.30. The summed E-state index contributed by atoms with van der Waals surface area (Å²) in [4.78, 5) is 31.6. The predicted octanol–water partition coefficient (Wildman–Crippen LogP) is 5.58. The molecule has 3 aromatic carbocycles. The van der Waals surface area contributed by atoms with Gasteiger partial charge in [0.2, 0.25) is 0 Å². The Morgan fingerprint density at radius 3 is 2.63 bits per heavy atom. The van der Waals surface area contributed by atoms with Gasteiger partial charge in [-0.3, -0.25) is 9.78 Å². The van der Waals surface area contributed by atoms with Gasteiger partial charge in [-0.15, -0.1) is 0 Å². The molecule has 2 heterocycles. The van der Waals surface area contributed by atoms with Crippen molar-refractivity contribution in [3.05, 3.63) is 120 Å². The summed E-state index contributed by atoms with van der Waals surface area (Å²) in [5.41, 5.74) is 4.75. The molecule has 0 aliphatic rings. The summed E-state index contributed by atoms with van der Waals surface area (Å²) in [6.45, 7) is 0. The van der Waals surface area contributed by atoms with Crippen molar-refractivity contribution in [3.63, 3.8) is 0 Å². The number of carbonyl (C=O) groups is 2. The first-order valence-electron chi connectivity index (χ1n) is 10.9. The van der Waals surface area contributed by atoms with Crippen LogP contribution in [0.15, 0.2) is 97.5 Å². The van der Waals surface area contributed by atoms with E-state index in [1.54, 1.807) is 48.7 Å². The van der Waals surface area contributed by atoms with E-state index in [4.69, 9.17) is 0 Å². The van der Waals surface area contributed by atoms with Gasteiger partial charge in [0, 0.05) is 46.5 Å². The van der Waals surface area contributed by atoms with Gasteiger partial charge >= 0.3 is 5.97 Å². The number of carboxylic acids is 1.